The highest BCUT2D eigenvalue weighted by Gasteiger charge is 2.10. The van der Waals surface area contributed by atoms with Crippen LogP contribution in [0, 0.1) is 5.82 Å². The fourth-order valence-corrected chi connectivity index (χ4v) is 2.33. The van der Waals surface area contributed by atoms with Gasteiger partial charge in [-0.1, -0.05) is 42.5 Å². The molecule has 0 saturated carbocycles. The van der Waals surface area contributed by atoms with Crippen LogP contribution in [0.15, 0.2) is 77.7 Å². The van der Waals surface area contributed by atoms with Crippen molar-refractivity contribution < 1.29 is 9.18 Å². The largest absolute Gasteiger partial charge is 0.319 e. The van der Waals surface area contributed by atoms with Gasteiger partial charge in [0.05, 0.1) is 17.8 Å². The van der Waals surface area contributed by atoms with Crippen molar-refractivity contribution in [1.82, 2.24) is 4.57 Å². The van der Waals surface area contributed by atoms with E-state index in [2.05, 4.69) is 5.32 Å². The maximum absolute atomic E-state index is 13.6. The number of nitrogens with one attached hydrogen (secondary N) is 1. The van der Waals surface area contributed by atoms with E-state index < -0.39 is 11.7 Å². The molecule has 2 aromatic carbocycles. The standard InChI is InChI=1S/C19H15FN2O2/c20-16-8-4-5-9-17(16)21-19(24)15-10-11-18(23)22(13-15)12-14-6-2-1-3-7-14/h1-11,13H,12H2,(H,21,24). The molecule has 0 fully saturated rings. The van der Waals surface area contributed by atoms with Crippen LogP contribution in [0.25, 0.3) is 0 Å². The van der Waals surface area contributed by atoms with E-state index in [1.54, 1.807) is 12.1 Å². The molecule has 0 spiro atoms. The first kappa shape index (κ1) is 15.7. The lowest BCUT2D eigenvalue weighted by molar-refractivity contribution is 0.102. The third kappa shape index (κ3) is 3.57. The van der Waals surface area contributed by atoms with E-state index in [0.717, 1.165) is 5.56 Å². The zero-order valence-electron chi connectivity index (χ0n) is 12.8. The fourth-order valence-electron chi connectivity index (χ4n) is 2.33. The van der Waals surface area contributed by atoms with Crippen LogP contribution in [0.1, 0.15) is 15.9 Å². The lowest BCUT2D eigenvalue weighted by Crippen LogP contribution is -2.22. The number of nitrogens with zero attached hydrogens (tertiary/aromatic N) is 1. The van der Waals surface area contributed by atoms with Crippen LogP contribution < -0.4 is 10.9 Å². The molecule has 1 amide bonds. The summed E-state index contributed by atoms with van der Waals surface area (Å²) in [6.07, 6.45) is 1.48. The molecule has 0 bridgehead atoms. The molecule has 0 unspecified atom stereocenters. The summed E-state index contributed by atoms with van der Waals surface area (Å²) in [6.45, 7) is 0.362. The smallest absolute Gasteiger partial charge is 0.257 e. The van der Waals surface area contributed by atoms with E-state index in [0.29, 0.717) is 6.54 Å². The van der Waals surface area contributed by atoms with Gasteiger partial charge in [0.25, 0.3) is 11.5 Å². The van der Waals surface area contributed by atoms with Gasteiger partial charge in [0.1, 0.15) is 5.82 Å². The minimum absolute atomic E-state index is 0.100. The van der Waals surface area contributed by atoms with Crippen LogP contribution in [0.4, 0.5) is 10.1 Å². The molecule has 1 heterocycles. The number of hydrogen-bond acceptors (Lipinski definition) is 2. The lowest BCUT2D eigenvalue weighted by Gasteiger charge is -2.09. The number of amides is 1. The molecule has 3 aromatic rings. The van der Waals surface area contributed by atoms with Crippen LogP contribution in [-0.2, 0) is 6.54 Å². The van der Waals surface area contributed by atoms with Crippen LogP contribution >= 0.6 is 0 Å². The van der Waals surface area contributed by atoms with Gasteiger partial charge in [-0.15, -0.1) is 0 Å². The number of rotatable bonds is 4. The summed E-state index contributed by atoms with van der Waals surface area (Å²) in [6, 6.07) is 18.2. The molecule has 1 aromatic heterocycles. The molecule has 5 heteroatoms. The summed E-state index contributed by atoms with van der Waals surface area (Å²) in [7, 11) is 0. The van der Waals surface area contributed by atoms with Gasteiger partial charge in [0.15, 0.2) is 0 Å². The number of hydrogen-bond donors (Lipinski definition) is 1. The lowest BCUT2D eigenvalue weighted by atomic mass is 10.2. The zero-order chi connectivity index (χ0) is 16.9. The van der Waals surface area contributed by atoms with E-state index in [9.17, 15) is 14.0 Å². The molecule has 0 aliphatic rings. The highest BCUT2D eigenvalue weighted by molar-refractivity contribution is 6.04. The second-order valence-corrected chi connectivity index (χ2v) is 5.30. The molecule has 120 valence electrons. The van der Waals surface area contributed by atoms with Gasteiger partial charge in [-0.3, -0.25) is 9.59 Å². The summed E-state index contributed by atoms with van der Waals surface area (Å²) >= 11 is 0. The van der Waals surface area contributed by atoms with Crippen molar-refractivity contribution in [2.75, 3.05) is 5.32 Å². The predicted molar refractivity (Wildman–Crippen MR) is 90.6 cm³/mol. The Morgan fingerprint density at radius 1 is 0.958 bits per heavy atom. The maximum atomic E-state index is 13.6. The van der Waals surface area contributed by atoms with Crippen LogP contribution in [-0.4, -0.2) is 10.5 Å². The van der Waals surface area contributed by atoms with Gasteiger partial charge in [0.2, 0.25) is 0 Å². The van der Waals surface area contributed by atoms with Gasteiger partial charge >= 0.3 is 0 Å². The molecule has 1 N–H and O–H groups in total. The summed E-state index contributed by atoms with van der Waals surface area (Å²) in [5, 5.41) is 2.51. The molecule has 0 aliphatic carbocycles. The first-order valence-corrected chi connectivity index (χ1v) is 7.44. The quantitative estimate of drug-likeness (QED) is 0.801. The highest BCUT2D eigenvalue weighted by Crippen LogP contribution is 2.13. The number of anilines is 1. The Hall–Kier alpha value is -3.21. The van der Waals surface area contributed by atoms with Crippen molar-refractivity contribution in [3.63, 3.8) is 0 Å². The van der Waals surface area contributed by atoms with Gasteiger partial charge in [0, 0.05) is 12.3 Å². The minimum atomic E-state index is -0.511. The number of aromatic nitrogens is 1. The summed E-state index contributed by atoms with van der Waals surface area (Å²) in [5.41, 5.74) is 1.13. The zero-order valence-corrected chi connectivity index (χ0v) is 12.8. The fraction of sp³-hybridized carbons (Fsp3) is 0.0526. The molecule has 0 saturated heterocycles. The highest BCUT2D eigenvalue weighted by atomic mass is 19.1. The van der Waals surface area contributed by atoms with Crippen molar-refractivity contribution in [1.29, 1.82) is 0 Å². The molecule has 0 radical (unpaired) electrons. The van der Waals surface area contributed by atoms with Gasteiger partial charge in [-0.2, -0.15) is 0 Å². The number of para-hydroxylation sites is 1. The van der Waals surface area contributed by atoms with Crippen LogP contribution in [0.5, 0.6) is 0 Å². The SMILES string of the molecule is O=C(Nc1ccccc1F)c1ccc(=O)n(Cc2ccccc2)c1. The van der Waals surface area contributed by atoms with E-state index in [1.165, 1.54) is 35.0 Å². The van der Waals surface area contributed by atoms with E-state index in [1.807, 2.05) is 30.3 Å². The molecular weight excluding hydrogens is 307 g/mol. The Bertz CT molecular complexity index is 920. The molecule has 24 heavy (non-hydrogen) atoms. The second-order valence-electron chi connectivity index (χ2n) is 5.30. The third-order valence-corrected chi connectivity index (χ3v) is 3.56. The van der Waals surface area contributed by atoms with Crippen molar-refractivity contribution in [2.45, 2.75) is 6.54 Å². The summed E-state index contributed by atoms with van der Waals surface area (Å²) < 4.78 is 15.1. The van der Waals surface area contributed by atoms with Crippen molar-refractivity contribution in [2.24, 2.45) is 0 Å². The van der Waals surface area contributed by atoms with E-state index in [4.69, 9.17) is 0 Å². The van der Waals surface area contributed by atoms with Crippen LogP contribution in [0.3, 0.4) is 0 Å². The Labute approximate surface area is 138 Å². The van der Waals surface area contributed by atoms with Crippen molar-refractivity contribution in [3.8, 4) is 0 Å². The number of carbonyl (C=O) groups excluding carboxylic acids is 1. The Morgan fingerprint density at radius 2 is 1.67 bits per heavy atom. The monoisotopic (exact) mass is 322 g/mol. The van der Waals surface area contributed by atoms with Crippen LogP contribution in [0.2, 0.25) is 0 Å². The molecule has 0 atom stereocenters. The predicted octanol–water partition coefficient (Wildman–Crippen LogP) is 3.29. The topological polar surface area (TPSA) is 51.1 Å². The number of halogens is 1. The number of pyridine rings is 1. The molecular formula is C19H15FN2O2. The Balaban J connectivity index is 1.84. The normalized spacial score (nSPS) is 10.4. The molecule has 3 rings (SSSR count). The average molecular weight is 322 g/mol. The Kier molecular flexibility index (Phi) is 4.52. The van der Waals surface area contributed by atoms with Crippen molar-refractivity contribution in [3.05, 3.63) is 100 Å². The molecule has 4 nitrogen and oxygen atoms in total. The third-order valence-electron chi connectivity index (χ3n) is 3.56. The number of benzene rings is 2. The van der Waals surface area contributed by atoms with Gasteiger partial charge in [-0.05, 0) is 23.8 Å². The molecule has 0 aliphatic heterocycles. The average Bonchev–Trinajstić information content (AvgIpc) is 2.60. The Morgan fingerprint density at radius 3 is 2.42 bits per heavy atom. The summed E-state index contributed by atoms with van der Waals surface area (Å²) in [5.74, 6) is -0.981. The maximum Gasteiger partial charge on any atom is 0.257 e. The first-order chi connectivity index (χ1) is 11.6. The second kappa shape index (κ2) is 6.91. The van der Waals surface area contributed by atoms with Gasteiger partial charge < -0.3 is 9.88 Å². The van der Waals surface area contributed by atoms with Crippen molar-refractivity contribution >= 4 is 11.6 Å². The summed E-state index contributed by atoms with van der Waals surface area (Å²) in [4.78, 5) is 24.3. The van der Waals surface area contributed by atoms with Gasteiger partial charge in [-0.25, -0.2) is 4.39 Å². The van der Waals surface area contributed by atoms with E-state index >= 15 is 0 Å². The van der Waals surface area contributed by atoms with E-state index in [-0.39, 0.29) is 16.8 Å². The minimum Gasteiger partial charge on any atom is -0.319 e. The first-order valence-electron chi connectivity index (χ1n) is 7.44. The number of carbonyl (C=O) groups is 1.